The Kier molecular flexibility index (Phi) is 10.0. The quantitative estimate of drug-likeness (QED) is 0.194. The van der Waals surface area contributed by atoms with E-state index in [1.807, 2.05) is 60.7 Å². The van der Waals surface area contributed by atoms with Gasteiger partial charge in [-0.05, 0) is 28.8 Å². The lowest BCUT2D eigenvalue weighted by molar-refractivity contribution is -0.191. The Labute approximate surface area is 229 Å². The summed E-state index contributed by atoms with van der Waals surface area (Å²) in [6.45, 7) is 2.04. The maximum Gasteiger partial charge on any atom is 0.134 e. The normalized spacial score (nSPS) is 21.3. The molecule has 1 aliphatic heterocycles. The smallest absolute Gasteiger partial charge is 0.134 e. The SMILES string of the molecule is c1ccc(COC[C@H]2O[C@@H](Sc3ccccc3)[C@H](OCc3ccccc3)C[C@H]2OCc2ccccc2)cc1. The van der Waals surface area contributed by atoms with Crippen LogP contribution in [0.25, 0.3) is 0 Å². The van der Waals surface area contributed by atoms with Crippen molar-refractivity contribution in [1.82, 2.24) is 0 Å². The molecule has 0 aromatic heterocycles. The summed E-state index contributed by atoms with van der Waals surface area (Å²) in [4.78, 5) is 1.15. The first-order valence-electron chi connectivity index (χ1n) is 13.1. The van der Waals surface area contributed by atoms with Gasteiger partial charge in [-0.25, -0.2) is 0 Å². The first-order valence-corrected chi connectivity index (χ1v) is 14.0. The Bertz CT molecular complexity index is 1190. The molecule has 1 heterocycles. The van der Waals surface area contributed by atoms with Crippen LogP contribution in [0.2, 0.25) is 0 Å². The molecule has 1 fully saturated rings. The number of thioether (sulfide) groups is 1. The van der Waals surface area contributed by atoms with Crippen molar-refractivity contribution in [2.45, 2.75) is 54.9 Å². The summed E-state index contributed by atoms with van der Waals surface area (Å²) in [7, 11) is 0. The third-order valence-electron chi connectivity index (χ3n) is 6.49. The van der Waals surface area contributed by atoms with E-state index < -0.39 is 0 Å². The standard InChI is InChI=1S/C33H34O4S/c1-5-13-26(14-6-1)22-34-25-32-30(35-23-27-15-7-2-8-16-27)21-31(36-24-28-17-9-3-10-18-28)33(37-32)38-29-19-11-4-12-20-29/h1-20,30-33H,21-25H2/t30-,31-,32-,33+/m1/s1. The summed E-state index contributed by atoms with van der Waals surface area (Å²) in [6, 6.07) is 41.1. The van der Waals surface area contributed by atoms with Crippen LogP contribution in [0.3, 0.4) is 0 Å². The monoisotopic (exact) mass is 526 g/mol. The van der Waals surface area contributed by atoms with E-state index in [9.17, 15) is 0 Å². The highest BCUT2D eigenvalue weighted by atomic mass is 32.2. The average Bonchev–Trinajstić information content (AvgIpc) is 2.98. The van der Waals surface area contributed by atoms with Crippen molar-refractivity contribution in [3.05, 3.63) is 138 Å². The maximum atomic E-state index is 6.72. The molecule has 4 nitrogen and oxygen atoms in total. The van der Waals surface area contributed by atoms with Crippen LogP contribution in [0.1, 0.15) is 23.1 Å². The Balaban J connectivity index is 1.30. The summed E-state index contributed by atoms with van der Waals surface area (Å²) in [5.41, 5.74) is 3.25. The fourth-order valence-corrected chi connectivity index (χ4v) is 5.59. The predicted octanol–water partition coefficient (Wildman–Crippen LogP) is 7.28. The molecular weight excluding hydrogens is 492 g/mol. The molecule has 0 amide bonds. The lowest BCUT2D eigenvalue weighted by atomic mass is 10.0. The van der Waals surface area contributed by atoms with Gasteiger partial charge >= 0.3 is 0 Å². The molecular formula is C33H34O4S. The van der Waals surface area contributed by atoms with Crippen molar-refractivity contribution in [3.8, 4) is 0 Å². The summed E-state index contributed by atoms with van der Waals surface area (Å²) >= 11 is 1.70. The van der Waals surface area contributed by atoms with Gasteiger partial charge in [-0.1, -0.05) is 121 Å². The minimum absolute atomic E-state index is 0.133. The van der Waals surface area contributed by atoms with Gasteiger partial charge in [0.2, 0.25) is 0 Å². The first-order chi connectivity index (χ1) is 18.8. The summed E-state index contributed by atoms with van der Waals surface area (Å²) in [5, 5.41) is 0. The van der Waals surface area contributed by atoms with Gasteiger partial charge in [-0.3, -0.25) is 0 Å². The zero-order valence-electron chi connectivity index (χ0n) is 21.4. The van der Waals surface area contributed by atoms with Crippen LogP contribution in [-0.4, -0.2) is 30.4 Å². The van der Waals surface area contributed by atoms with E-state index in [1.54, 1.807) is 11.8 Å². The predicted molar refractivity (Wildman–Crippen MR) is 152 cm³/mol. The Morgan fingerprint density at radius 1 is 0.579 bits per heavy atom. The minimum Gasteiger partial charge on any atom is -0.374 e. The van der Waals surface area contributed by atoms with Gasteiger partial charge in [0.25, 0.3) is 0 Å². The van der Waals surface area contributed by atoms with Gasteiger partial charge in [0.05, 0.1) is 38.6 Å². The molecule has 4 aromatic carbocycles. The first kappa shape index (κ1) is 26.7. The van der Waals surface area contributed by atoms with Crippen LogP contribution in [-0.2, 0) is 38.8 Å². The van der Waals surface area contributed by atoms with Crippen LogP contribution in [0, 0.1) is 0 Å². The Hall–Kier alpha value is -2.93. The topological polar surface area (TPSA) is 36.9 Å². The van der Waals surface area contributed by atoms with E-state index in [2.05, 4.69) is 60.7 Å². The molecule has 0 N–H and O–H groups in total. The molecule has 0 spiro atoms. The third-order valence-corrected chi connectivity index (χ3v) is 7.69. The zero-order valence-corrected chi connectivity index (χ0v) is 22.2. The number of hydrogen-bond donors (Lipinski definition) is 0. The molecule has 0 bridgehead atoms. The average molecular weight is 527 g/mol. The van der Waals surface area contributed by atoms with Gasteiger partial charge in [0, 0.05) is 11.3 Å². The van der Waals surface area contributed by atoms with Crippen LogP contribution in [0.4, 0.5) is 0 Å². The van der Waals surface area contributed by atoms with Gasteiger partial charge in [-0.15, -0.1) is 0 Å². The van der Waals surface area contributed by atoms with Crippen molar-refractivity contribution in [3.63, 3.8) is 0 Å². The van der Waals surface area contributed by atoms with Crippen LogP contribution in [0.15, 0.2) is 126 Å². The lowest BCUT2D eigenvalue weighted by Crippen LogP contribution is -2.49. The highest BCUT2D eigenvalue weighted by Gasteiger charge is 2.40. The van der Waals surface area contributed by atoms with Crippen molar-refractivity contribution in [2.24, 2.45) is 0 Å². The van der Waals surface area contributed by atoms with E-state index in [0.29, 0.717) is 26.4 Å². The largest absolute Gasteiger partial charge is 0.374 e. The fraction of sp³-hybridized carbons (Fsp3) is 0.273. The molecule has 0 unspecified atom stereocenters. The molecule has 196 valence electrons. The van der Waals surface area contributed by atoms with Gasteiger partial charge < -0.3 is 18.9 Å². The second-order valence-electron chi connectivity index (χ2n) is 9.38. The molecule has 5 heteroatoms. The van der Waals surface area contributed by atoms with E-state index in [-0.39, 0.29) is 23.7 Å². The number of ether oxygens (including phenoxy) is 4. The molecule has 38 heavy (non-hydrogen) atoms. The summed E-state index contributed by atoms with van der Waals surface area (Å²) in [5.74, 6) is 0. The fourth-order valence-electron chi connectivity index (χ4n) is 4.47. The molecule has 4 aromatic rings. The molecule has 1 saturated heterocycles. The summed E-state index contributed by atoms with van der Waals surface area (Å²) in [6.07, 6.45) is 0.231. The van der Waals surface area contributed by atoms with Crippen LogP contribution in [0.5, 0.6) is 0 Å². The Morgan fingerprint density at radius 2 is 1.05 bits per heavy atom. The number of benzene rings is 4. The third kappa shape index (κ3) is 8.03. The van der Waals surface area contributed by atoms with Crippen molar-refractivity contribution < 1.29 is 18.9 Å². The minimum atomic E-state index is -0.208. The Morgan fingerprint density at radius 3 is 1.61 bits per heavy atom. The second kappa shape index (κ2) is 14.3. The van der Waals surface area contributed by atoms with Crippen molar-refractivity contribution in [2.75, 3.05) is 6.61 Å². The number of hydrogen-bond acceptors (Lipinski definition) is 5. The highest BCUT2D eigenvalue weighted by Crippen LogP contribution is 2.36. The van der Waals surface area contributed by atoms with Gasteiger partial charge in [0.1, 0.15) is 11.5 Å². The molecule has 0 radical (unpaired) electrons. The van der Waals surface area contributed by atoms with E-state index >= 15 is 0 Å². The molecule has 0 saturated carbocycles. The summed E-state index contributed by atoms with van der Waals surface area (Å²) < 4.78 is 25.8. The van der Waals surface area contributed by atoms with Crippen LogP contribution < -0.4 is 0 Å². The molecule has 4 atom stereocenters. The van der Waals surface area contributed by atoms with Crippen LogP contribution >= 0.6 is 11.8 Å². The number of rotatable bonds is 12. The van der Waals surface area contributed by atoms with E-state index in [1.165, 1.54) is 0 Å². The van der Waals surface area contributed by atoms with Gasteiger partial charge in [0.15, 0.2) is 0 Å². The van der Waals surface area contributed by atoms with Crippen molar-refractivity contribution >= 4 is 11.8 Å². The lowest BCUT2D eigenvalue weighted by Gasteiger charge is -2.41. The molecule has 5 rings (SSSR count). The van der Waals surface area contributed by atoms with Gasteiger partial charge in [-0.2, -0.15) is 0 Å². The molecule has 0 aliphatic carbocycles. The maximum absolute atomic E-state index is 6.72. The van der Waals surface area contributed by atoms with E-state index in [0.717, 1.165) is 28.0 Å². The highest BCUT2D eigenvalue weighted by molar-refractivity contribution is 7.99. The van der Waals surface area contributed by atoms with Crippen molar-refractivity contribution in [1.29, 1.82) is 0 Å². The van der Waals surface area contributed by atoms with E-state index in [4.69, 9.17) is 18.9 Å². The molecule has 1 aliphatic rings. The second-order valence-corrected chi connectivity index (χ2v) is 10.6. The zero-order chi connectivity index (χ0) is 25.8.